The first kappa shape index (κ1) is 15.4. The van der Waals surface area contributed by atoms with Gasteiger partial charge in [-0.25, -0.2) is 0 Å². The summed E-state index contributed by atoms with van der Waals surface area (Å²) in [6.07, 6.45) is 2.00. The predicted octanol–water partition coefficient (Wildman–Crippen LogP) is 0.960. The molecule has 0 saturated heterocycles. The van der Waals surface area contributed by atoms with Crippen molar-refractivity contribution in [2.24, 2.45) is 5.73 Å². The Morgan fingerprint density at radius 1 is 1.38 bits per heavy atom. The molecule has 4 nitrogen and oxygen atoms in total. The number of carbonyl (C=O) groups is 1. The minimum Gasteiger partial charge on any atom is -0.353 e. The van der Waals surface area contributed by atoms with Gasteiger partial charge in [0.15, 0.2) is 0 Å². The lowest BCUT2D eigenvalue weighted by atomic mass is 10.1. The molecule has 0 saturated carbocycles. The van der Waals surface area contributed by atoms with E-state index in [2.05, 4.69) is 24.1 Å². The summed E-state index contributed by atoms with van der Waals surface area (Å²) in [5.41, 5.74) is 5.58. The summed E-state index contributed by atoms with van der Waals surface area (Å²) in [5.74, 6) is 0.104. The monoisotopic (exact) mass is 229 g/mol. The van der Waals surface area contributed by atoms with Gasteiger partial charge in [0.1, 0.15) is 0 Å². The lowest BCUT2D eigenvalue weighted by Gasteiger charge is -2.29. The van der Waals surface area contributed by atoms with Gasteiger partial charge in [-0.05, 0) is 39.8 Å². The van der Waals surface area contributed by atoms with Gasteiger partial charge in [-0.2, -0.15) is 0 Å². The second kappa shape index (κ2) is 8.53. The van der Waals surface area contributed by atoms with Crippen LogP contribution in [0.3, 0.4) is 0 Å². The van der Waals surface area contributed by atoms with Gasteiger partial charge in [0.05, 0.1) is 6.54 Å². The highest BCUT2D eigenvalue weighted by Crippen LogP contribution is 2.07. The quantitative estimate of drug-likeness (QED) is 0.652. The van der Waals surface area contributed by atoms with Crippen molar-refractivity contribution in [3.63, 3.8) is 0 Å². The van der Waals surface area contributed by atoms with Crippen LogP contribution in [0.4, 0.5) is 0 Å². The lowest BCUT2D eigenvalue weighted by Crippen LogP contribution is -2.44. The van der Waals surface area contributed by atoms with E-state index in [4.69, 9.17) is 5.73 Å². The van der Waals surface area contributed by atoms with Crippen LogP contribution in [0.15, 0.2) is 0 Å². The molecule has 0 aromatic heterocycles. The molecule has 16 heavy (non-hydrogen) atoms. The maximum absolute atomic E-state index is 11.7. The van der Waals surface area contributed by atoms with Crippen molar-refractivity contribution in [3.8, 4) is 0 Å². The fraction of sp³-hybridized carbons (Fsp3) is 0.917. The van der Waals surface area contributed by atoms with Gasteiger partial charge in [-0.1, -0.05) is 13.8 Å². The summed E-state index contributed by atoms with van der Waals surface area (Å²) in [6, 6.07) is 0.633. The second-order valence-electron chi connectivity index (χ2n) is 4.42. The maximum atomic E-state index is 11.7. The third kappa shape index (κ3) is 6.08. The van der Waals surface area contributed by atoms with Crippen molar-refractivity contribution in [1.29, 1.82) is 0 Å². The second-order valence-corrected chi connectivity index (χ2v) is 4.42. The number of rotatable bonds is 8. The average Bonchev–Trinajstić information content (AvgIpc) is 2.22. The van der Waals surface area contributed by atoms with E-state index in [1.807, 2.05) is 13.8 Å². The molecule has 3 N–H and O–H groups in total. The summed E-state index contributed by atoms with van der Waals surface area (Å²) in [7, 11) is 0. The molecule has 1 atom stereocenters. The first-order valence-electron chi connectivity index (χ1n) is 6.28. The van der Waals surface area contributed by atoms with Gasteiger partial charge in [0, 0.05) is 12.1 Å². The van der Waals surface area contributed by atoms with Crippen molar-refractivity contribution >= 4 is 5.91 Å². The summed E-state index contributed by atoms with van der Waals surface area (Å²) in [6.45, 7) is 10.2. The van der Waals surface area contributed by atoms with E-state index in [1.165, 1.54) is 0 Å². The van der Waals surface area contributed by atoms with Crippen molar-refractivity contribution in [3.05, 3.63) is 0 Å². The van der Waals surface area contributed by atoms with Crippen LogP contribution in [0.1, 0.15) is 40.5 Å². The Kier molecular flexibility index (Phi) is 8.21. The third-order valence-electron chi connectivity index (χ3n) is 2.69. The zero-order valence-corrected chi connectivity index (χ0v) is 11.1. The molecule has 96 valence electrons. The highest BCUT2D eigenvalue weighted by Gasteiger charge is 2.17. The van der Waals surface area contributed by atoms with Crippen LogP contribution in [0.5, 0.6) is 0 Å². The van der Waals surface area contributed by atoms with Gasteiger partial charge >= 0.3 is 0 Å². The molecule has 0 bridgehead atoms. The summed E-state index contributed by atoms with van der Waals surface area (Å²) >= 11 is 0. The number of hydrogen-bond donors (Lipinski definition) is 2. The normalized spacial score (nSPS) is 13.2. The number of nitrogens with one attached hydrogen (secondary N) is 1. The molecule has 0 aliphatic heterocycles. The van der Waals surface area contributed by atoms with Gasteiger partial charge in [-0.3, -0.25) is 9.69 Å². The third-order valence-corrected chi connectivity index (χ3v) is 2.69. The standard InChI is InChI=1S/C12H27N3O/c1-5-11(7-8-13)15(6-2)9-12(16)14-10(3)4/h10-11H,5-9,13H2,1-4H3,(H,14,16). The van der Waals surface area contributed by atoms with E-state index in [9.17, 15) is 4.79 Å². The van der Waals surface area contributed by atoms with E-state index >= 15 is 0 Å². The molecule has 0 aliphatic rings. The van der Waals surface area contributed by atoms with Crippen molar-refractivity contribution in [2.45, 2.75) is 52.6 Å². The number of hydrogen-bond acceptors (Lipinski definition) is 3. The summed E-state index contributed by atoms with van der Waals surface area (Å²) in [4.78, 5) is 13.9. The zero-order valence-electron chi connectivity index (χ0n) is 11.1. The van der Waals surface area contributed by atoms with Crippen molar-refractivity contribution in [1.82, 2.24) is 10.2 Å². The number of nitrogens with zero attached hydrogens (tertiary/aromatic N) is 1. The Morgan fingerprint density at radius 2 is 2.00 bits per heavy atom. The number of nitrogens with two attached hydrogens (primary N) is 1. The first-order valence-corrected chi connectivity index (χ1v) is 6.28. The minimum atomic E-state index is 0.104. The van der Waals surface area contributed by atoms with E-state index in [1.54, 1.807) is 0 Å². The molecular formula is C12H27N3O. The molecule has 0 heterocycles. The summed E-state index contributed by atoms with van der Waals surface area (Å²) < 4.78 is 0. The number of amides is 1. The van der Waals surface area contributed by atoms with Crippen molar-refractivity contribution in [2.75, 3.05) is 19.6 Å². The molecule has 1 unspecified atom stereocenters. The highest BCUT2D eigenvalue weighted by atomic mass is 16.2. The zero-order chi connectivity index (χ0) is 12.6. The van der Waals surface area contributed by atoms with Gasteiger partial charge < -0.3 is 11.1 Å². The Hall–Kier alpha value is -0.610. The van der Waals surface area contributed by atoms with Crippen molar-refractivity contribution < 1.29 is 4.79 Å². The topological polar surface area (TPSA) is 58.4 Å². The molecule has 1 amide bonds. The average molecular weight is 229 g/mol. The van der Waals surface area contributed by atoms with Crippen LogP contribution in [-0.4, -0.2) is 42.5 Å². The predicted molar refractivity (Wildman–Crippen MR) is 68.3 cm³/mol. The molecule has 0 aromatic rings. The Balaban J connectivity index is 4.20. The number of carbonyl (C=O) groups excluding carboxylic acids is 1. The van der Waals surface area contributed by atoms with Crippen LogP contribution in [0, 0.1) is 0 Å². The van der Waals surface area contributed by atoms with E-state index < -0.39 is 0 Å². The van der Waals surface area contributed by atoms with E-state index in [0.29, 0.717) is 19.1 Å². The van der Waals surface area contributed by atoms with E-state index in [0.717, 1.165) is 19.4 Å². The maximum Gasteiger partial charge on any atom is 0.234 e. The lowest BCUT2D eigenvalue weighted by molar-refractivity contribution is -0.123. The van der Waals surface area contributed by atoms with Crippen LogP contribution >= 0.6 is 0 Å². The molecule has 0 spiro atoms. The van der Waals surface area contributed by atoms with Crippen LogP contribution < -0.4 is 11.1 Å². The molecule has 4 heteroatoms. The van der Waals surface area contributed by atoms with Gasteiger partial charge in [0.25, 0.3) is 0 Å². The summed E-state index contributed by atoms with van der Waals surface area (Å²) in [5, 5.41) is 2.92. The van der Waals surface area contributed by atoms with Crippen LogP contribution in [-0.2, 0) is 4.79 Å². The molecule has 0 rings (SSSR count). The SMILES string of the molecule is CCC(CCN)N(CC)CC(=O)NC(C)C. The molecule has 0 fully saturated rings. The highest BCUT2D eigenvalue weighted by molar-refractivity contribution is 5.78. The fourth-order valence-corrected chi connectivity index (χ4v) is 1.89. The minimum absolute atomic E-state index is 0.104. The smallest absolute Gasteiger partial charge is 0.234 e. The molecule has 0 aromatic carbocycles. The molecule has 0 radical (unpaired) electrons. The van der Waals surface area contributed by atoms with E-state index in [-0.39, 0.29) is 11.9 Å². The first-order chi connectivity index (χ1) is 7.54. The molecular weight excluding hydrogens is 202 g/mol. The largest absolute Gasteiger partial charge is 0.353 e. The van der Waals surface area contributed by atoms with Crippen LogP contribution in [0.25, 0.3) is 0 Å². The van der Waals surface area contributed by atoms with Crippen LogP contribution in [0.2, 0.25) is 0 Å². The Morgan fingerprint density at radius 3 is 2.38 bits per heavy atom. The van der Waals surface area contributed by atoms with Gasteiger partial charge in [0.2, 0.25) is 5.91 Å². The molecule has 0 aliphatic carbocycles. The fourth-order valence-electron chi connectivity index (χ4n) is 1.89. The Bertz CT molecular complexity index is 195. The number of likely N-dealkylation sites (N-methyl/N-ethyl adjacent to an activating group) is 1. The Labute approximate surface area is 99.6 Å². The van der Waals surface area contributed by atoms with Gasteiger partial charge in [-0.15, -0.1) is 0 Å².